The highest BCUT2D eigenvalue weighted by molar-refractivity contribution is 5.68. The molecule has 3 aromatic carbocycles. The standard InChI is InChI=1S/C33H41N3O/c1-5-7-21-35(24-27-19-20-31(37-4)26(3)23-27)25-30-32(28-15-11-9-12-16-28)34-33(36(30)22-8-6-2)29-17-13-10-14-18-29/h9-20,23H,5-8,21-22,24-25H2,1-4H3. The number of hydrogen-bond donors (Lipinski definition) is 0. The summed E-state index contributed by atoms with van der Waals surface area (Å²) in [5, 5.41) is 0. The Kier molecular flexibility index (Phi) is 9.56. The van der Waals surface area contributed by atoms with Crippen LogP contribution in [0.5, 0.6) is 5.75 Å². The van der Waals surface area contributed by atoms with Gasteiger partial charge in [0.05, 0.1) is 18.5 Å². The van der Waals surface area contributed by atoms with Crippen molar-refractivity contribution in [3.05, 3.63) is 95.7 Å². The molecule has 0 unspecified atom stereocenters. The van der Waals surface area contributed by atoms with Gasteiger partial charge in [0, 0.05) is 30.8 Å². The van der Waals surface area contributed by atoms with Gasteiger partial charge in [0.1, 0.15) is 11.6 Å². The molecule has 4 aromatic rings. The van der Waals surface area contributed by atoms with E-state index in [1.54, 1.807) is 7.11 Å². The first-order chi connectivity index (χ1) is 18.1. The van der Waals surface area contributed by atoms with E-state index in [2.05, 4.69) is 109 Å². The monoisotopic (exact) mass is 495 g/mol. The van der Waals surface area contributed by atoms with Crippen LogP contribution in [-0.4, -0.2) is 28.1 Å². The van der Waals surface area contributed by atoms with E-state index in [0.717, 1.165) is 56.3 Å². The first-order valence-electron chi connectivity index (χ1n) is 13.7. The average molecular weight is 496 g/mol. The van der Waals surface area contributed by atoms with Gasteiger partial charge in [0.2, 0.25) is 0 Å². The lowest BCUT2D eigenvalue weighted by atomic mass is 10.1. The van der Waals surface area contributed by atoms with Crippen LogP contribution in [0.2, 0.25) is 0 Å². The molecule has 1 aromatic heterocycles. The summed E-state index contributed by atoms with van der Waals surface area (Å²) in [5.74, 6) is 2.01. The number of imidazole rings is 1. The number of benzene rings is 3. The predicted octanol–water partition coefficient (Wildman–Crippen LogP) is 8.14. The molecule has 0 aliphatic heterocycles. The number of hydrogen-bond acceptors (Lipinski definition) is 3. The maximum Gasteiger partial charge on any atom is 0.140 e. The zero-order chi connectivity index (χ0) is 26.0. The van der Waals surface area contributed by atoms with E-state index in [0.29, 0.717) is 0 Å². The van der Waals surface area contributed by atoms with E-state index < -0.39 is 0 Å². The molecule has 0 radical (unpaired) electrons. The molecule has 0 spiro atoms. The summed E-state index contributed by atoms with van der Waals surface area (Å²) in [4.78, 5) is 7.89. The fourth-order valence-corrected chi connectivity index (χ4v) is 4.94. The van der Waals surface area contributed by atoms with Gasteiger partial charge in [-0.3, -0.25) is 4.90 Å². The number of aromatic nitrogens is 2. The highest BCUT2D eigenvalue weighted by Crippen LogP contribution is 2.31. The van der Waals surface area contributed by atoms with Gasteiger partial charge in [-0.05, 0) is 43.5 Å². The van der Waals surface area contributed by atoms with Crippen molar-refractivity contribution in [1.29, 1.82) is 0 Å². The van der Waals surface area contributed by atoms with Gasteiger partial charge in [0.15, 0.2) is 0 Å². The van der Waals surface area contributed by atoms with Crippen LogP contribution >= 0.6 is 0 Å². The van der Waals surface area contributed by atoms with Crippen molar-refractivity contribution in [2.75, 3.05) is 13.7 Å². The highest BCUT2D eigenvalue weighted by Gasteiger charge is 2.22. The van der Waals surface area contributed by atoms with Gasteiger partial charge >= 0.3 is 0 Å². The molecule has 0 aliphatic carbocycles. The minimum atomic E-state index is 0.860. The summed E-state index contributed by atoms with van der Waals surface area (Å²) in [5.41, 5.74) is 7.26. The smallest absolute Gasteiger partial charge is 0.140 e. The lowest BCUT2D eigenvalue weighted by Crippen LogP contribution is -2.26. The molecule has 194 valence electrons. The Morgan fingerprint density at radius 2 is 1.49 bits per heavy atom. The summed E-state index contributed by atoms with van der Waals surface area (Å²) < 4.78 is 7.99. The van der Waals surface area contributed by atoms with E-state index in [4.69, 9.17) is 9.72 Å². The molecule has 4 nitrogen and oxygen atoms in total. The van der Waals surface area contributed by atoms with Gasteiger partial charge in [0.25, 0.3) is 0 Å². The lowest BCUT2D eigenvalue weighted by Gasteiger charge is -2.24. The maximum atomic E-state index is 5.50. The Morgan fingerprint density at radius 1 is 0.811 bits per heavy atom. The van der Waals surface area contributed by atoms with Crippen molar-refractivity contribution in [2.45, 2.75) is 66.1 Å². The van der Waals surface area contributed by atoms with Crippen LogP contribution in [0.1, 0.15) is 56.4 Å². The Bertz CT molecular complexity index is 1250. The largest absolute Gasteiger partial charge is 0.496 e. The van der Waals surface area contributed by atoms with Crippen molar-refractivity contribution in [3.63, 3.8) is 0 Å². The van der Waals surface area contributed by atoms with Crippen LogP contribution in [-0.2, 0) is 19.6 Å². The Morgan fingerprint density at radius 3 is 2.11 bits per heavy atom. The summed E-state index contributed by atoms with van der Waals surface area (Å²) in [7, 11) is 1.74. The molecule has 0 saturated carbocycles. The number of rotatable bonds is 13. The summed E-state index contributed by atoms with van der Waals surface area (Å²) in [6.45, 7) is 10.4. The highest BCUT2D eigenvalue weighted by atomic mass is 16.5. The normalized spacial score (nSPS) is 11.3. The van der Waals surface area contributed by atoms with Crippen LogP contribution < -0.4 is 4.74 Å². The number of ether oxygens (including phenoxy) is 1. The number of methoxy groups -OCH3 is 1. The van der Waals surface area contributed by atoms with Gasteiger partial charge < -0.3 is 9.30 Å². The topological polar surface area (TPSA) is 30.3 Å². The molecule has 0 atom stereocenters. The third-order valence-electron chi connectivity index (χ3n) is 6.95. The molecule has 4 rings (SSSR count). The maximum absolute atomic E-state index is 5.50. The zero-order valence-corrected chi connectivity index (χ0v) is 22.9. The first kappa shape index (κ1) is 26.7. The number of nitrogens with zero attached hydrogens (tertiary/aromatic N) is 3. The minimum Gasteiger partial charge on any atom is -0.496 e. The second-order valence-electron chi connectivity index (χ2n) is 9.84. The van der Waals surface area contributed by atoms with Crippen LogP contribution in [0.3, 0.4) is 0 Å². The van der Waals surface area contributed by atoms with Crippen molar-refractivity contribution in [1.82, 2.24) is 14.5 Å². The average Bonchev–Trinajstić information content (AvgIpc) is 3.29. The fourth-order valence-electron chi connectivity index (χ4n) is 4.94. The minimum absolute atomic E-state index is 0.860. The summed E-state index contributed by atoms with van der Waals surface area (Å²) in [6.07, 6.45) is 4.62. The lowest BCUT2D eigenvalue weighted by molar-refractivity contribution is 0.246. The molecule has 1 heterocycles. The fraction of sp³-hybridized carbons (Fsp3) is 0.364. The van der Waals surface area contributed by atoms with E-state index in [1.807, 2.05) is 0 Å². The molecule has 0 N–H and O–H groups in total. The number of unbranched alkanes of at least 4 members (excludes halogenated alkanes) is 2. The molecule has 4 heteroatoms. The van der Waals surface area contributed by atoms with E-state index in [1.165, 1.54) is 40.8 Å². The molecule has 37 heavy (non-hydrogen) atoms. The Balaban J connectivity index is 1.78. The Hall–Kier alpha value is -3.37. The van der Waals surface area contributed by atoms with E-state index in [-0.39, 0.29) is 0 Å². The molecular weight excluding hydrogens is 454 g/mol. The predicted molar refractivity (Wildman–Crippen MR) is 155 cm³/mol. The molecular formula is C33H41N3O. The van der Waals surface area contributed by atoms with Crippen molar-refractivity contribution in [3.8, 4) is 28.4 Å². The molecule has 0 bridgehead atoms. The third-order valence-corrected chi connectivity index (χ3v) is 6.95. The van der Waals surface area contributed by atoms with Crippen LogP contribution in [0.25, 0.3) is 22.6 Å². The zero-order valence-electron chi connectivity index (χ0n) is 22.9. The molecule has 0 fully saturated rings. The van der Waals surface area contributed by atoms with Gasteiger partial charge in [-0.15, -0.1) is 0 Å². The van der Waals surface area contributed by atoms with Crippen LogP contribution in [0.4, 0.5) is 0 Å². The van der Waals surface area contributed by atoms with Gasteiger partial charge in [-0.25, -0.2) is 4.98 Å². The van der Waals surface area contributed by atoms with Crippen molar-refractivity contribution >= 4 is 0 Å². The third kappa shape index (κ3) is 6.69. The Labute approximate surface area is 222 Å². The molecule has 0 saturated heterocycles. The van der Waals surface area contributed by atoms with Crippen LogP contribution in [0, 0.1) is 6.92 Å². The van der Waals surface area contributed by atoms with E-state index >= 15 is 0 Å². The quantitative estimate of drug-likeness (QED) is 0.187. The molecule has 0 amide bonds. The summed E-state index contributed by atoms with van der Waals surface area (Å²) >= 11 is 0. The van der Waals surface area contributed by atoms with Gasteiger partial charge in [-0.1, -0.05) is 99.5 Å². The van der Waals surface area contributed by atoms with Crippen molar-refractivity contribution < 1.29 is 4.74 Å². The number of aryl methyl sites for hydroxylation is 1. The second-order valence-corrected chi connectivity index (χ2v) is 9.84. The van der Waals surface area contributed by atoms with Crippen molar-refractivity contribution in [2.24, 2.45) is 0 Å². The molecule has 0 aliphatic rings. The van der Waals surface area contributed by atoms with Gasteiger partial charge in [-0.2, -0.15) is 0 Å². The first-order valence-corrected chi connectivity index (χ1v) is 13.7. The SMILES string of the molecule is CCCCN(Cc1ccc(OC)c(C)c1)Cc1c(-c2ccccc2)nc(-c2ccccc2)n1CCCC. The van der Waals surface area contributed by atoms with Crippen LogP contribution in [0.15, 0.2) is 78.9 Å². The van der Waals surface area contributed by atoms with E-state index in [9.17, 15) is 0 Å². The summed E-state index contributed by atoms with van der Waals surface area (Å²) in [6, 6.07) is 27.9. The second kappa shape index (κ2) is 13.3.